The third-order valence-electron chi connectivity index (χ3n) is 2.70. The highest BCUT2D eigenvalue weighted by atomic mass is 32.2. The minimum Gasteiger partial charge on any atom is -0.399 e. The Labute approximate surface area is 111 Å². The Bertz CT molecular complexity index is 672. The summed E-state index contributed by atoms with van der Waals surface area (Å²) >= 11 is 0. The number of benzene rings is 1. The van der Waals surface area contributed by atoms with Gasteiger partial charge in [0, 0.05) is 18.1 Å². The van der Waals surface area contributed by atoms with Crippen LogP contribution in [0.15, 0.2) is 47.6 Å². The van der Waals surface area contributed by atoms with Gasteiger partial charge in [-0.15, -0.1) is 0 Å². The Hall–Kier alpha value is -1.95. The monoisotopic (exact) mass is 280 g/mol. The molecule has 4 nitrogen and oxygen atoms in total. The highest BCUT2D eigenvalue weighted by Crippen LogP contribution is 2.19. The number of nitrogens with zero attached hydrogens (tertiary/aromatic N) is 1. The topological polar surface area (TPSA) is 73.1 Å². The molecule has 0 unspecified atom stereocenters. The van der Waals surface area contributed by atoms with Crippen molar-refractivity contribution in [2.45, 2.75) is 11.3 Å². The van der Waals surface area contributed by atoms with Crippen molar-refractivity contribution in [2.75, 3.05) is 11.5 Å². The fourth-order valence-corrected chi connectivity index (χ4v) is 3.04. The van der Waals surface area contributed by atoms with Crippen molar-refractivity contribution >= 4 is 15.5 Å². The lowest BCUT2D eigenvalue weighted by atomic mass is 10.2. The number of hydrogen-bond donors (Lipinski definition) is 1. The van der Waals surface area contributed by atoms with Gasteiger partial charge in [0.15, 0.2) is 9.84 Å². The van der Waals surface area contributed by atoms with Gasteiger partial charge in [-0.3, -0.25) is 4.98 Å². The predicted octanol–water partition coefficient (Wildman–Crippen LogP) is 1.82. The Morgan fingerprint density at radius 2 is 1.84 bits per heavy atom. The second-order valence-corrected chi connectivity index (χ2v) is 6.19. The van der Waals surface area contributed by atoms with Gasteiger partial charge in [0.1, 0.15) is 10.7 Å². The zero-order chi connectivity index (χ0) is 13.9. The first-order valence-electron chi connectivity index (χ1n) is 5.66. The number of rotatable bonds is 4. The summed E-state index contributed by atoms with van der Waals surface area (Å²) < 4.78 is 37.7. The maximum Gasteiger partial charge on any atom is 0.181 e. The summed E-state index contributed by atoms with van der Waals surface area (Å²) in [5.41, 5.74) is 6.44. The zero-order valence-electron chi connectivity index (χ0n) is 10.1. The van der Waals surface area contributed by atoms with Gasteiger partial charge in [-0.1, -0.05) is 0 Å². The number of aromatic nitrogens is 1. The maximum absolute atomic E-state index is 13.6. The van der Waals surface area contributed by atoms with E-state index in [2.05, 4.69) is 4.98 Å². The molecule has 1 heterocycles. The first kappa shape index (κ1) is 13.5. The Morgan fingerprint density at radius 1 is 1.16 bits per heavy atom. The lowest BCUT2D eigenvalue weighted by molar-refractivity contribution is 0.567. The second kappa shape index (κ2) is 5.36. The third-order valence-corrected chi connectivity index (χ3v) is 4.44. The van der Waals surface area contributed by atoms with Crippen LogP contribution in [-0.4, -0.2) is 19.2 Å². The first-order valence-corrected chi connectivity index (χ1v) is 7.31. The zero-order valence-corrected chi connectivity index (χ0v) is 10.9. The van der Waals surface area contributed by atoms with E-state index in [-0.39, 0.29) is 16.3 Å². The molecular weight excluding hydrogens is 267 g/mol. The largest absolute Gasteiger partial charge is 0.399 e. The minimum absolute atomic E-state index is 0.155. The Balaban J connectivity index is 2.19. The number of anilines is 1. The van der Waals surface area contributed by atoms with Crippen molar-refractivity contribution in [1.29, 1.82) is 0 Å². The molecule has 6 heteroatoms. The maximum atomic E-state index is 13.6. The number of nitrogen functional groups attached to an aromatic ring is 1. The van der Waals surface area contributed by atoms with Crippen LogP contribution in [-0.2, 0) is 16.3 Å². The average molecular weight is 280 g/mol. The van der Waals surface area contributed by atoms with Crippen LogP contribution in [0.3, 0.4) is 0 Å². The summed E-state index contributed by atoms with van der Waals surface area (Å²) in [5, 5.41) is 0. The molecule has 100 valence electrons. The molecule has 0 bridgehead atoms. The van der Waals surface area contributed by atoms with E-state index >= 15 is 0 Å². The lowest BCUT2D eigenvalue weighted by Gasteiger charge is -2.06. The van der Waals surface area contributed by atoms with E-state index in [0.717, 1.165) is 11.6 Å². The van der Waals surface area contributed by atoms with E-state index in [4.69, 9.17) is 5.73 Å². The van der Waals surface area contributed by atoms with Gasteiger partial charge in [0.2, 0.25) is 0 Å². The number of hydrogen-bond acceptors (Lipinski definition) is 4. The fourth-order valence-electron chi connectivity index (χ4n) is 1.68. The standard InChI is InChI=1S/C13H13FN2O2S/c14-12-9-11(15)1-2-13(12)19(17,18)8-5-10-3-6-16-7-4-10/h1-4,6-7,9H,5,8,15H2. The molecule has 0 amide bonds. The highest BCUT2D eigenvalue weighted by Gasteiger charge is 2.19. The molecule has 1 aromatic heterocycles. The molecule has 2 rings (SSSR count). The van der Waals surface area contributed by atoms with Crippen molar-refractivity contribution in [1.82, 2.24) is 4.98 Å². The quantitative estimate of drug-likeness (QED) is 0.867. The predicted molar refractivity (Wildman–Crippen MR) is 70.8 cm³/mol. The van der Waals surface area contributed by atoms with Gasteiger partial charge < -0.3 is 5.73 Å². The van der Waals surface area contributed by atoms with Gasteiger partial charge in [-0.2, -0.15) is 0 Å². The van der Waals surface area contributed by atoms with Crippen LogP contribution in [0.25, 0.3) is 0 Å². The van der Waals surface area contributed by atoms with E-state index in [1.54, 1.807) is 24.5 Å². The molecule has 1 aromatic carbocycles. The molecule has 0 aliphatic carbocycles. The smallest absolute Gasteiger partial charge is 0.181 e. The van der Waals surface area contributed by atoms with Crippen molar-refractivity contribution < 1.29 is 12.8 Å². The number of sulfone groups is 1. The second-order valence-electron chi connectivity index (χ2n) is 4.11. The van der Waals surface area contributed by atoms with Gasteiger partial charge in [0.25, 0.3) is 0 Å². The van der Waals surface area contributed by atoms with Gasteiger partial charge in [-0.25, -0.2) is 12.8 Å². The van der Waals surface area contributed by atoms with Crippen molar-refractivity contribution in [2.24, 2.45) is 0 Å². The third kappa shape index (κ3) is 3.29. The normalized spacial score (nSPS) is 11.4. The average Bonchev–Trinajstić information content (AvgIpc) is 2.37. The molecule has 19 heavy (non-hydrogen) atoms. The Kier molecular flexibility index (Phi) is 3.80. The van der Waals surface area contributed by atoms with Crippen LogP contribution >= 0.6 is 0 Å². The van der Waals surface area contributed by atoms with Gasteiger partial charge in [0.05, 0.1) is 5.75 Å². The first-order chi connectivity index (χ1) is 8.99. The summed E-state index contributed by atoms with van der Waals surface area (Å²) in [6.07, 6.45) is 3.49. The highest BCUT2D eigenvalue weighted by molar-refractivity contribution is 7.91. The van der Waals surface area contributed by atoms with E-state index < -0.39 is 15.7 Å². The minimum atomic E-state index is -3.66. The van der Waals surface area contributed by atoms with E-state index in [1.807, 2.05) is 0 Å². The summed E-state index contributed by atoms with van der Waals surface area (Å²) in [6.45, 7) is 0. The number of pyridine rings is 1. The molecule has 0 fully saturated rings. The van der Waals surface area contributed by atoms with E-state index in [9.17, 15) is 12.8 Å². The molecule has 0 saturated carbocycles. The summed E-state index contributed by atoms with van der Waals surface area (Å²) in [7, 11) is -3.66. The Morgan fingerprint density at radius 3 is 2.47 bits per heavy atom. The number of halogens is 1. The molecule has 0 aliphatic heterocycles. The van der Waals surface area contributed by atoms with Crippen LogP contribution in [0, 0.1) is 5.82 Å². The fraction of sp³-hybridized carbons (Fsp3) is 0.154. The molecule has 2 N–H and O–H groups in total. The van der Waals surface area contributed by atoms with Crippen LogP contribution in [0.4, 0.5) is 10.1 Å². The summed E-state index contributed by atoms with van der Waals surface area (Å²) in [6, 6.07) is 7.05. The summed E-state index contributed by atoms with van der Waals surface area (Å²) in [4.78, 5) is 3.54. The van der Waals surface area contributed by atoms with E-state index in [0.29, 0.717) is 6.42 Å². The number of aryl methyl sites for hydroxylation is 1. The summed E-state index contributed by atoms with van der Waals surface area (Å²) in [5.74, 6) is -0.965. The van der Waals surface area contributed by atoms with Gasteiger partial charge >= 0.3 is 0 Å². The van der Waals surface area contributed by atoms with E-state index in [1.165, 1.54) is 12.1 Å². The number of nitrogens with two attached hydrogens (primary N) is 1. The molecule has 2 aromatic rings. The van der Waals surface area contributed by atoms with Crippen molar-refractivity contribution in [3.8, 4) is 0 Å². The molecule has 0 radical (unpaired) electrons. The molecule has 0 saturated heterocycles. The van der Waals surface area contributed by atoms with Crippen LogP contribution in [0.1, 0.15) is 5.56 Å². The molecule has 0 atom stereocenters. The molecule has 0 spiro atoms. The van der Waals surface area contributed by atoms with Crippen molar-refractivity contribution in [3.05, 3.63) is 54.1 Å². The molecule has 0 aliphatic rings. The van der Waals surface area contributed by atoms with Crippen LogP contribution in [0.5, 0.6) is 0 Å². The van der Waals surface area contributed by atoms with Crippen LogP contribution in [0.2, 0.25) is 0 Å². The van der Waals surface area contributed by atoms with Crippen molar-refractivity contribution in [3.63, 3.8) is 0 Å². The SMILES string of the molecule is Nc1ccc(S(=O)(=O)CCc2ccncc2)c(F)c1. The molecular formula is C13H13FN2O2S. The lowest BCUT2D eigenvalue weighted by Crippen LogP contribution is -2.11. The van der Waals surface area contributed by atoms with Gasteiger partial charge in [-0.05, 0) is 42.3 Å². The van der Waals surface area contributed by atoms with Crippen LogP contribution < -0.4 is 5.73 Å².